The maximum absolute atomic E-state index is 13.0. The van der Waals surface area contributed by atoms with Gasteiger partial charge in [0.15, 0.2) is 0 Å². The fraction of sp³-hybridized carbons (Fsp3) is 0.130. The standard InChI is InChI=1S/C23H21FN2O2/c24-19-12-14-20(15-13-19)26-23(28)18-9-5-10-21(16-18)25-22(27)11-4-8-17-6-2-1-3-7-17/h1-3,5-7,9-10,12-16H,4,8,11H2,(H,25,27)(H,26,28). The molecule has 4 nitrogen and oxygen atoms in total. The van der Waals surface area contributed by atoms with Crippen LogP contribution in [-0.4, -0.2) is 11.8 Å². The van der Waals surface area contributed by atoms with E-state index in [1.165, 1.54) is 29.8 Å². The second-order valence-corrected chi connectivity index (χ2v) is 6.43. The topological polar surface area (TPSA) is 58.2 Å². The van der Waals surface area contributed by atoms with Crippen molar-refractivity contribution in [3.63, 3.8) is 0 Å². The number of anilines is 2. The average molecular weight is 376 g/mol. The molecule has 0 radical (unpaired) electrons. The summed E-state index contributed by atoms with van der Waals surface area (Å²) in [7, 11) is 0. The first-order chi connectivity index (χ1) is 13.6. The number of halogens is 1. The lowest BCUT2D eigenvalue weighted by atomic mass is 10.1. The van der Waals surface area contributed by atoms with Gasteiger partial charge >= 0.3 is 0 Å². The van der Waals surface area contributed by atoms with Gasteiger partial charge in [-0.1, -0.05) is 36.4 Å². The Kier molecular flexibility index (Phi) is 6.52. The minimum atomic E-state index is -0.366. The van der Waals surface area contributed by atoms with Gasteiger partial charge in [0.05, 0.1) is 0 Å². The van der Waals surface area contributed by atoms with Crippen molar-refractivity contribution in [1.82, 2.24) is 0 Å². The second-order valence-electron chi connectivity index (χ2n) is 6.43. The minimum Gasteiger partial charge on any atom is -0.326 e. The van der Waals surface area contributed by atoms with Crippen LogP contribution in [0.4, 0.5) is 15.8 Å². The summed E-state index contributed by atoms with van der Waals surface area (Å²) < 4.78 is 13.0. The Balaban J connectivity index is 1.52. The molecule has 0 aliphatic carbocycles. The van der Waals surface area contributed by atoms with E-state index in [9.17, 15) is 14.0 Å². The molecule has 0 saturated heterocycles. The number of hydrogen-bond acceptors (Lipinski definition) is 2. The van der Waals surface area contributed by atoms with Gasteiger partial charge in [-0.3, -0.25) is 9.59 Å². The highest BCUT2D eigenvalue weighted by atomic mass is 19.1. The molecule has 5 heteroatoms. The Hall–Kier alpha value is -3.47. The summed E-state index contributed by atoms with van der Waals surface area (Å²) in [5.41, 5.74) is 2.68. The summed E-state index contributed by atoms with van der Waals surface area (Å²) in [6.45, 7) is 0. The third-order valence-electron chi connectivity index (χ3n) is 4.22. The molecule has 3 rings (SSSR count). The van der Waals surface area contributed by atoms with Crippen molar-refractivity contribution in [2.24, 2.45) is 0 Å². The number of nitrogens with one attached hydrogen (secondary N) is 2. The van der Waals surface area contributed by atoms with E-state index in [4.69, 9.17) is 0 Å². The molecular formula is C23H21FN2O2. The molecule has 0 spiro atoms. The SMILES string of the molecule is O=C(CCCc1ccccc1)Nc1cccc(C(=O)Nc2ccc(F)cc2)c1. The van der Waals surface area contributed by atoms with Gasteiger partial charge in [0.25, 0.3) is 5.91 Å². The van der Waals surface area contributed by atoms with Gasteiger partial charge < -0.3 is 10.6 Å². The lowest BCUT2D eigenvalue weighted by Crippen LogP contribution is -2.14. The van der Waals surface area contributed by atoms with Crippen molar-refractivity contribution in [1.29, 1.82) is 0 Å². The number of hydrogen-bond donors (Lipinski definition) is 2. The van der Waals surface area contributed by atoms with E-state index in [0.29, 0.717) is 23.4 Å². The van der Waals surface area contributed by atoms with Crippen molar-refractivity contribution in [3.05, 3.63) is 95.8 Å². The van der Waals surface area contributed by atoms with Crippen LogP contribution in [0.25, 0.3) is 0 Å². The van der Waals surface area contributed by atoms with Crippen molar-refractivity contribution >= 4 is 23.2 Å². The predicted molar refractivity (Wildman–Crippen MR) is 109 cm³/mol. The molecule has 3 aromatic carbocycles. The summed E-state index contributed by atoms with van der Waals surface area (Å²) in [6.07, 6.45) is 2.00. The molecule has 2 amide bonds. The van der Waals surface area contributed by atoms with Gasteiger partial charge in [-0.15, -0.1) is 0 Å². The Morgan fingerprint density at radius 2 is 1.54 bits per heavy atom. The maximum atomic E-state index is 13.0. The maximum Gasteiger partial charge on any atom is 0.255 e. The van der Waals surface area contributed by atoms with Gasteiger partial charge in [-0.25, -0.2) is 4.39 Å². The number of rotatable bonds is 7. The second kappa shape index (κ2) is 9.46. The molecule has 0 unspecified atom stereocenters. The molecule has 0 saturated carbocycles. The molecule has 142 valence electrons. The summed E-state index contributed by atoms with van der Waals surface area (Å²) in [4.78, 5) is 24.5. The van der Waals surface area contributed by atoms with Crippen LogP contribution in [0.5, 0.6) is 0 Å². The lowest BCUT2D eigenvalue weighted by Gasteiger charge is -2.09. The van der Waals surface area contributed by atoms with Gasteiger partial charge in [0.2, 0.25) is 5.91 Å². The molecule has 28 heavy (non-hydrogen) atoms. The van der Waals surface area contributed by atoms with Gasteiger partial charge in [0.1, 0.15) is 5.82 Å². The predicted octanol–water partition coefficient (Wildman–Crippen LogP) is 5.04. The number of carbonyl (C=O) groups is 2. The highest BCUT2D eigenvalue weighted by molar-refractivity contribution is 6.05. The van der Waals surface area contributed by atoms with E-state index in [0.717, 1.165) is 12.8 Å². The third kappa shape index (κ3) is 5.77. The fourth-order valence-corrected chi connectivity index (χ4v) is 2.80. The monoisotopic (exact) mass is 376 g/mol. The summed E-state index contributed by atoms with van der Waals surface area (Å²) in [6, 6.07) is 22.3. The summed E-state index contributed by atoms with van der Waals surface area (Å²) in [5.74, 6) is -0.784. The van der Waals surface area contributed by atoms with E-state index in [1.807, 2.05) is 30.3 Å². The molecule has 0 aromatic heterocycles. The molecule has 0 heterocycles. The van der Waals surface area contributed by atoms with Crippen LogP contribution >= 0.6 is 0 Å². The van der Waals surface area contributed by atoms with Crippen LogP contribution in [-0.2, 0) is 11.2 Å². The molecule has 0 aliphatic heterocycles. The van der Waals surface area contributed by atoms with E-state index in [1.54, 1.807) is 24.3 Å². The van der Waals surface area contributed by atoms with Crippen molar-refractivity contribution in [2.45, 2.75) is 19.3 Å². The number of amides is 2. The van der Waals surface area contributed by atoms with Crippen LogP contribution in [0.3, 0.4) is 0 Å². The minimum absolute atomic E-state index is 0.0907. The van der Waals surface area contributed by atoms with Crippen LogP contribution < -0.4 is 10.6 Å². The highest BCUT2D eigenvalue weighted by Crippen LogP contribution is 2.15. The lowest BCUT2D eigenvalue weighted by molar-refractivity contribution is -0.116. The van der Waals surface area contributed by atoms with Crippen molar-refractivity contribution in [3.8, 4) is 0 Å². The average Bonchev–Trinajstić information content (AvgIpc) is 2.71. The largest absolute Gasteiger partial charge is 0.326 e. The van der Waals surface area contributed by atoms with E-state index in [-0.39, 0.29) is 17.6 Å². The number of benzene rings is 3. The Bertz CT molecular complexity index is 940. The first-order valence-corrected chi connectivity index (χ1v) is 9.11. The zero-order chi connectivity index (χ0) is 19.8. The Labute approximate surface area is 163 Å². The zero-order valence-electron chi connectivity index (χ0n) is 15.3. The van der Waals surface area contributed by atoms with Gasteiger partial charge in [-0.05, 0) is 60.9 Å². The molecule has 2 N–H and O–H groups in total. The van der Waals surface area contributed by atoms with Crippen LogP contribution in [0.1, 0.15) is 28.8 Å². The van der Waals surface area contributed by atoms with Crippen molar-refractivity contribution in [2.75, 3.05) is 10.6 Å². The van der Waals surface area contributed by atoms with E-state index in [2.05, 4.69) is 10.6 Å². The van der Waals surface area contributed by atoms with Gasteiger partial charge in [0, 0.05) is 23.4 Å². The van der Waals surface area contributed by atoms with E-state index < -0.39 is 0 Å². The number of carbonyl (C=O) groups excluding carboxylic acids is 2. The highest BCUT2D eigenvalue weighted by Gasteiger charge is 2.09. The normalized spacial score (nSPS) is 10.3. The Morgan fingerprint density at radius 3 is 2.29 bits per heavy atom. The van der Waals surface area contributed by atoms with Crippen molar-refractivity contribution < 1.29 is 14.0 Å². The fourth-order valence-electron chi connectivity index (χ4n) is 2.80. The quantitative estimate of drug-likeness (QED) is 0.607. The zero-order valence-corrected chi connectivity index (χ0v) is 15.3. The summed E-state index contributed by atoms with van der Waals surface area (Å²) in [5, 5.41) is 5.53. The summed E-state index contributed by atoms with van der Waals surface area (Å²) >= 11 is 0. The first-order valence-electron chi connectivity index (χ1n) is 9.11. The molecule has 0 bridgehead atoms. The first kappa shape index (κ1) is 19.3. The third-order valence-corrected chi connectivity index (χ3v) is 4.22. The smallest absolute Gasteiger partial charge is 0.255 e. The van der Waals surface area contributed by atoms with Crippen LogP contribution in [0.15, 0.2) is 78.9 Å². The molecule has 3 aromatic rings. The van der Waals surface area contributed by atoms with E-state index >= 15 is 0 Å². The van der Waals surface area contributed by atoms with Crippen LogP contribution in [0.2, 0.25) is 0 Å². The molecule has 0 atom stereocenters. The van der Waals surface area contributed by atoms with Gasteiger partial charge in [-0.2, -0.15) is 0 Å². The molecule has 0 aliphatic rings. The Morgan fingerprint density at radius 1 is 0.786 bits per heavy atom. The molecular weight excluding hydrogens is 355 g/mol. The molecule has 0 fully saturated rings. The number of aryl methyl sites for hydroxylation is 1. The van der Waals surface area contributed by atoms with Crippen LogP contribution in [0, 0.1) is 5.82 Å².